The Bertz CT molecular complexity index is 665. The van der Waals surface area contributed by atoms with E-state index in [1.807, 2.05) is 0 Å². The molecular formula is C18H24N2O6. The van der Waals surface area contributed by atoms with Crippen LogP contribution >= 0.6 is 0 Å². The van der Waals surface area contributed by atoms with E-state index in [0.29, 0.717) is 49.9 Å². The first-order valence-corrected chi connectivity index (χ1v) is 8.73. The topological polar surface area (TPSA) is 97.3 Å². The van der Waals surface area contributed by atoms with Gasteiger partial charge in [0.25, 0.3) is 0 Å². The zero-order chi connectivity index (χ0) is 18.5. The Hall–Kier alpha value is -2.32. The second kappa shape index (κ2) is 8.37. The maximum absolute atomic E-state index is 12.3. The molecule has 0 radical (unpaired) electrons. The van der Waals surface area contributed by atoms with Gasteiger partial charge in [-0.1, -0.05) is 0 Å². The summed E-state index contributed by atoms with van der Waals surface area (Å²) in [5, 5.41) is 12.4. The van der Waals surface area contributed by atoms with Gasteiger partial charge in [0.2, 0.25) is 11.8 Å². The van der Waals surface area contributed by atoms with Gasteiger partial charge in [0.1, 0.15) is 13.2 Å². The van der Waals surface area contributed by atoms with E-state index in [-0.39, 0.29) is 24.8 Å². The number of methoxy groups -OCH3 is 1. The Balaban J connectivity index is 1.56. The molecular weight excluding hydrogens is 340 g/mol. The van der Waals surface area contributed by atoms with Gasteiger partial charge < -0.3 is 29.5 Å². The molecule has 2 N–H and O–H groups in total. The summed E-state index contributed by atoms with van der Waals surface area (Å²) in [6.07, 6.45) is -0.0350. The van der Waals surface area contributed by atoms with Crippen LogP contribution in [0.2, 0.25) is 0 Å². The predicted molar refractivity (Wildman–Crippen MR) is 93.4 cm³/mol. The molecule has 0 aromatic heterocycles. The lowest BCUT2D eigenvalue weighted by molar-refractivity contribution is -0.126. The second-order valence-electron chi connectivity index (χ2n) is 6.42. The summed E-state index contributed by atoms with van der Waals surface area (Å²) in [4.78, 5) is 26.2. The summed E-state index contributed by atoms with van der Waals surface area (Å²) in [6, 6.07) is 5.35. The summed E-state index contributed by atoms with van der Waals surface area (Å²) < 4.78 is 15.9. The van der Waals surface area contributed by atoms with Crippen LogP contribution in [0.5, 0.6) is 11.5 Å². The largest absolute Gasteiger partial charge is 0.486 e. The first kappa shape index (κ1) is 18.5. The first-order valence-electron chi connectivity index (χ1n) is 8.73. The van der Waals surface area contributed by atoms with E-state index in [1.165, 1.54) is 7.11 Å². The van der Waals surface area contributed by atoms with Crippen LogP contribution in [0.25, 0.3) is 0 Å². The molecule has 1 fully saturated rings. The fraction of sp³-hybridized carbons (Fsp3) is 0.556. The van der Waals surface area contributed by atoms with Crippen molar-refractivity contribution in [2.24, 2.45) is 5.92 Å². The molecule has 0 bridgehead atoms. The van der Waals surface area contributed by atoms with Gasteiger partial charge in [0.15, 0.2) is 11.5 Å². The highest BCUT2D eigenvalue weighted by molar-refractivity contribution is 6.00. The van der Waals surface area contributed by atoms with Crippen molar-refractivity contribution in [3.63, 3.8) is 0 Å². The number of anilines is 1. The van der Waals surface area contributed by atoms with Gasteiger partial charge in [0, 0.05) is 38.4 Å². The lowest BCUT2D eigenvalue weighted by Crippen LogP contribution is -2.35. The molecule has 26 heavy (non-hydrogen) atoms. The summed E-state index contributed by atoms with van der Waals surface area (Å²) in [6.45, 7) is 1.89. The normalized spacial score (nSPS) is 20.2. The fourth-order valence-electron chi connectivity index (χ4n) is 3.11. The average molecular weight is 364 g/mol. The van der Waals surface area contributed by atoms with E-state index in [0.717, 1.165) is 0 Å². The summed E-state index contributed by atoms with van der Waals surface area (Å²) in [5.41, 5.74) is 0.699. The molecule has 2 atom stereocenters. The SMILES string of the molecule is COC[C@@H](O)CCNC(=O)[C@@H]1CC(=O)N(c2ccc3c(c2)OCCO3)C1. The van der Waals surface area contributed by atoms with E-state index in [2.05, 4.69) is 5.32 Å². The van der Waals surface area contributed by atoms with E-state index < -0.39 is 12.0 Å². The lowest BCUT2D eigenvalue weighted by Gasteiger charge is -2.22. The van der Waals surface area contributed by atoms with Crippen molar-refractivity contribution in [2.45, 2.75) is 18.9 Å². The molecule has 2 heterocycles. The maximum Gasteiger partial charge on any atom is 0.227 e. The number of hydrogen-bond acceptors (Lipinski definition) is 6. The molecule has 1 saturated heterocycles. The molecule has 142 valence electrons. The number of hydrogen-bond donors (Lipinski definition) is 2. The molecule has 0 spiro atoms. The van der Waals surface area contributed by atoms with Crippen LogP contribution in [-0.2, 0) is 14.3 Å². The average Bonchev–Trinajstić information content (AvgIpc) is 3.03. The maximum atomic E-state index is 12.3. The van der Waals surface area contributed by atoms with Crippen molar-refractivity contribution in [3.05, 3.63) is 18.2 Å². The Labute approximate surface area is 152 Å². The molecule has 8 nitrogen and oxygen atoms in total. The van der Waals surface area contributed by atoms with Crippen LogP contribution in [-0.4, -0.2) is 63.0 Å². The van der Waals surface area contributed by atoms with Crippen LogP contribution in [0.3, 0.4) is 0 Å². The molecule has 0 saturated carbocycles. The van der Waals surface area contributed by atoms with Crippen LogP contribution < -0.4 is 19.7 Å². The molecule has 3 rings (SSSR count). The number of benzene rings is 1. The quantitative estimate of drug-likeness (QED) is 0.723. The van der Waals surface area contributed by atoms with Crippen LogP contribution in [0.4, 0.5) is 5.69 Å². The van der Waals surface area contributed by atoms with Gasteiger partial charge in [-0.25, -0.2) is 0 Å². The molecule has 8 heteroatoms. The molecule has 1 aromatic rings. The minimum absolute atomic E-state index is 0.0961. The van der Waals surface area contributed by atoms with E-state index >= 15 is 0 Å². The molecule has 1 aromatic carbocycles. The molecule has 0 unspecified atom stereocenters. The number of ether oxygens (including phenoxy) is 3. The van der Waals surface area contributed by atoms with Gasteiger partial charge in [-0.05, 0) is 18.6 Å². The smallest absolute Gasteiger partial charge is 0.227 e. The fourth-order valence-corrected chi connectivity index (χ4v) is 3.11. The van der Waals surface area contributed by atoms with Crippen molar-refractivity contribution in [2.75, 3.05) is 44.9 Å². The third kappa shape index (κ3) is 4.25. The Morgan fingerprint density at radius 3 is 2.92 bits per heavy atom. The number of amides is 2. The van der Waals surface area contributed by atoms with Crippen LogP contribution in [0.1, 0.15) is 12.8 Å². The summed E-state index contributed by atoms with van der Waals surface area (Å²) >= 11 is 0. The second-order valence-corrected chi connectivity index (χ2v) is 6.42. The van der Waals surface area contributed by atoms with Crippen molar-refractivity contribution < 1.29 is 28.9 Å². The van der Waals surface area contributed by atoms with E-state index in [9.17, 15) is 14.7 Å². The van der Waals surface area contributed by atoms with Crippen molar-refractivity contribution >= 4 is 17.5 Å². The van der Waals surface area contributed by atoms with Gasteiger partial charge in [-0.2, -0.15) is 0 Å². The number of aliphatic hydroxyl groups is 1. The number of rotatable bonds is 7. The standard InChI is InChI=1S/C18H24N2O6/c1-24-11-14(21)4-5-19-18(23)12-8-17(22)20(10-12)13-2-3-15-16(9-13)26-7-6-25-15/h2-3,9,12,14,21H,4-8,10-11H2,1H3,(H,19,23)/t12-,14+/m1/s1. The number of carbonyl (C=O) groups is 2. The number of aliphatic hydroxyl groups excluding tert-OH is 1. The monoisotopic (exact) mass is 364 g/mol. The number of nitrogens with zero attached hydrogens (tertiary/aromatic N) is 1. The number of fused-ring (bicyclic) bond motifs is 1. The lowest BCUT2D eigenvalue weighted by atomic mass is 10.1. The number of carbonyl (C=O) groups excluding carboxylic acids is 2. The minimum Gasteiger partial charge on any atom is -0.486 e. The third-order valence-electron chi connectivity index (χ3n) is 4.47. The van der Waals surface area contributed by atoms with Gasteiger partial charge >= 0.3 is 0 Å². The highest BCUT2D eigenvalue weighted by atomic mass is 16.6. The minimum atomic E-state index is -0.611. The van der Waals surface area contributed by atoms with E-state index in [4.69, 9.17) is 14.2 Å². The highest BCUT2D eigenvalue weighted by Gasteiger charge is 2.35. The molecule has 2 aliphatic rings. The number of nitrogens with one attached hydrogen (secondary N) is 1. The van der Waals surface area contributed by atoms with Crippen molar-refractivity contribution in [1.29, 1.82) is 0 Å². The van der Waals surface area contributed by atoms with E-state index in [1.54, 1.807) is 23.1 Å². The van der Waals surface area contributed by atoms with Crippen molar-refractivity contribution in [1.82, 2.24) is 5.32 Å². The Morgan fingerprint density at radius 1 is 1.38 bits per heavy atom. The van der Waals surface area contributed by atoms with Gasteiger partial charge in [-0.15, -0.1) is 0 Å². The third-order valence-corrected chi connectivity index (χ3v) is 4.47. The summed E-state index contributed by atoms with van der Waals surface area (Å²) in [7, 11) is 1.51. The van der Waals surface area contributed by atoms with Gasteiger partial charge in [0.05, 0.1) is 18.6 Å². The highest BCUT2D eigenvalue weighted by Crippen LogP contribution is 2.35. The molecule has 2 aliphatic heterocycles. The van der Waals surface area contributed by atoms with Crippen molar-refractivity contribution in [3.8, 4) is 11.5 Å². The Kier molecular flexibility index (Phi) is 5.95. The first-order chi connectivity index (χ1) is 12.6. The van der Waals surface area contributed by atoms with Crippen LogP contribution in [0.15, 0.2) is 18.2 Å². The molecule has 2 amide bonds. The summed E-state index contributed by atoms with van der Waals surface area (Å²) in [5.74, 6) is 0.594. The zero-order valence-electron chi connectivity index (χ0n) is 14.8. The predicted octanol–water partition coefficient (Wildman–Crippen LogP) is 0.324. The Morgan fingerprint density at radius 2 is 2.15 bits per heavy atom. The zero-order valence-corrected chi connectivity index (χ0v) is 14.8. The molecule has 0 aliphatic carbocycles. The van der Waals surface area contributed by atoms with Gasteiger partial charge in [-0.3, -0.25) is 9.59 Å². The van der Waals surface area contributed by atoms with Crippen LogP contribution in [0, 0.1) is 5.92 Å².